The zero-order valence-electron chi connectivity index (χ0n) is 9.10. The van der Waals surface area contributed by atoms with Crippen LogP contribution in [0.15, 0.2) is 34.3 Å². The molecule has 0 saturated heterocycles. The number of pyridine rings is 1. The fourth-order valence-corrected chi connectivity index (χ4v) is 3.01. The average Bonchev–Trinajstić information content (AvgIpc) is 2.73. The molecule has 98 valence electrons. The number of hydrogen-bond acceptors (Lipinski definition) is 3. The van der Waals surface area contributed by atoms with Crippen LogP contribution in [0.4, 0.5) is 13.2 Å². The van der Waals surface area contributed by atoms with Crippen LogP contribution in [0.1, 0.15) is 5.69 Å². The first kappa shape index (κ1) is 12.1. The van der Waals surface area contributed by atoms with E-state index in [1.54, 1.807) is 18.2 Å². The van der Waals surface area contributed by atoms with E-state index in [2.05, 4.69) is 4.98 Å². The van der Waals surface area contributed by atoms with Gasteiger partial charge in [0.15, 0.2) is 0 Å². The van der Waals surface area contributed by atoms with Crippen molar-refractivity contribution in [1.82, 2.24) is 9.38 Å². The molecule has 0 amide bonds. The Kier molecular flexibility index (Phi) is 2.40. The Balaban J connectivity index is 2.39. The number of carboxylic acids is 1. The van der Waals surface area contributed by atoms with Crippen molar-refractivity contribution in [2.24, 2.45) is 0 Å². The van der Waals surface area contributed by atoms with Gasteiger partial charge in [0, 0.05) is 0 Å². The highest BCUT2D eigenvalue weighted by molar-refractivity contribution is 8.04. The van der Waals surface area contributed by atoms with Crippen LogP contribution in [0, 0.1) is 0 Å². The molecule has 0 aliphatic carbocycles. The minimum atomic E-state index is -4.75. The van der Waals surface area contributed by atoms with E-state index in [4.69, 9.17) is 5.11 Å². The third-order valence-corrected chi connectivity index (χ3v) is 3.77. The molecule has 0 aromatic carbocycles. The third kappa shape index (κ3) is 1.71. The Hall–Kier alpha value is -1.96. The standard InChI is InChI=1S/C11H5F3N2O2S/c12-11(13,14)8-5-4-15-6-2-1-3-7(16(5)6)19-9(8)10(17)18/h1-4H,(H,17,18). The van der Waals surface area contributed by atoms with Crippen LogP contribution < -0.4 is 0 Å². The number of aromatic nitrogens is 2. The molecule has 1 aliphatic rings. The first-order chi connectivity index (χ1) is 8.89. The number of alkyl halides is 3. The minimum Gasteiger partial charge on any atom is -0.477 e. The van der Waals surface area contributed by atoms with Gasteiger partial charge >= 0.3 is 12.1 Å². The van der Waals surface area contributed by atoms with Crippen molar-refractivity contribution in [3.8, 4) is 0 Å². The number of nitrogens with zero attached hydrogens (tertiary/aromatic N) is 2. The van der Waals surface area contributed by atoms with Gasteiger partial charge in [-0.05, 0) is 12.1 Å². The molecule has 2 aromatic rings. The first-order valence-electron chi connectivity index (χ1n) is 5.09. The molecule has 2 aromatic heterocycles. The van der Waals surface area contributed by atoms with Crippen molar-refractivity contribution in [3.63, 3.8) is 0 Å². The average molecular weight is 286 g/mol. The number of carbonyl (C=O) groups is 1. The quantitative estimate of drug-likeness (QED) is 0.875. The number of allylic oxidation sites excluding steroid dienone is 1. The van der Waals surface area contributed by atoms with Crippen molar-refractivity contribution >= 4 is 29.0 Å². The highest BCUT2D eigenvalue weighted by atomic mass is 32.2. The van der Waals surface area contributed by atoms with E-state index in [9.17, 15) is 18.0 Å². The smallest absolute Gasteiger partial charge is 0.419 e. The predicted octanol–water partition coefficient (Wildman–Crippen LogP) is 2.80. The molecule has 0 atom stereocenters. The second kappa shape index (κ2) is 3.77. The number of carboxylic acid groups (broad SMARTS) is 1. The summed E-state index contributed by atoms with van der Waals surface area (Å²) < 4.78 is 40.5. The van der Waals surface area contributed by atoms with E-state index in [0.29, 0.717) is 22.4 Å². The summed E-state index contributed by atoms with van der Waals surface area (Å²) in [6, 6.07) is 4.73. The Morgan fingerprint density at radius 1 is 1.37 bits per heavy atom. The zero-order chi connectivity index (χ0) is 13.8. The van der Waals surface area contributed by atoms with Gasteiger partial charge in [0.25, 0.3) is 0 Å². The molecule has 0 radical (unpaired) electrons. The van der Waals surface area contributed by atoms with Gasteiger partial charge in [0.05, 0.1) is 16.9 Å². The van der Waals surface area contributed by atoms with Crippen LogP contribution in [-0.2, 0) is 4.79 Å². The maximum Gasteiger partial charge on any atom is 0.419 e. The van der Waals surface area contributed by atoms with Gasteiger partial charge in [-0.1, -0.05) is 17.8 Å². The van der Waals surface area contributed by atoms with Gasteiger partial charge in [-0.2, -0.15) is 13.2 Å². The van der Waals surface area contributed by atoms with Gasteiger partial charge < -0.3 is 5.11 Å². The predicted molar refractivity (Wildman–Crippen MR) is 61.7 cm³/mol. The molecule has 1 aliphatic heterocycles. The van der Waals surface area contributed by atoms with E-state index in [-0.39, 0.29) is 5.69 Å². The Morgan fingerprint density at radius 3 is 2.74 bits per heavy atom. The lowest BCUT2D eigenvalue weighted by atomic mass is 10.1. The summed E-state index contributed by atoms with van der Waals surface area (Å²) in [5.41, 5.74) is -1.04. The van der Waals surface area contributed by atoms with E-state index >= 15 is 0 Å². The number of imidazole rings is 1. The summed E-state index contributed by atoms with van der Waals surface area (Å²) >= 11 is 0.580. The molecule has 19 heavy (non-hydrogen) atoms. The molecule has 0 bridgehead atoms. The van der Waals surface area contributed by atoms with Crippen molar-refractivity contribution in [1.29, 1.82) is 0 Å². The molecule has 4 nitrogen and oxygen atoms in total. The molecule has 0 spiro atoms. The van der Waals surface area contributed by atoms with Crippen LogP contribution in [0.2, 0.25) is 0 Å². The van der Waals surface area contributed by atoms with E-state index < -0.39 is 22.6 Å². The number of rotatable bonds is 1. The van der Waals surface area contributed by atoms with Crippen LogP contribution in [0.25, 0.3) is 11.2 Å². The molecule has 8 heteroatoms. The van der Waals surface area contributed by atoms with Crippen LogP contribution >= 0.6 is 11.8 Å². The van der Waals surface area contributed by atoms with E-state index in [0.717, 1.165) is 6.20 Å². The molecule has 0 unspecified atom stereocenters. The van der Waals surface area contributed by atoms with Crippen LogP contribution in [0.5, 0.6) is 0 Å². The largest absolute Gasteiger partial charge is 0.477 e. The maximum atomic E-state index is 13.1. The molecule has 3 rings (SSSR count). The SMILES string of the molecule is O=C(O)C1=C(C(F)(F)F)c2cnc3cccc(n23)S1. The fourth-order valence-electron chi connectivity index (χ4n) is 1.96. The highest BCUT2D eigenvalue weighted by Gasteiger charge is 2.43. The summed E-state index contributed by atoms with van der Waals surface area (Å²) in [7, 11) is 0. The maximum absolute atomic E-state index is 13.1. The lowest BCUT2D eigenvalue weighted by Crippen LogP contribution is -2.20. The fraction of sp³-hybridized carbons (Fsp3) is 0.0909. The number of hydrogen-bond donors (Lipinski definition) is 1. The third-order valence-electron chi connectivity index (χ3n) is 2.66. The van der Waals surface area contributed by atoms with E-state index in [1.807, 2.05) is 0 Å². The van der Waals surface area contributed by atoms with Crippen molar-refractivity contribution in [2.45, 2.75) is 11.2 Å². The monoisotopic (exact) mass is 286 g/mol. The van der Waals surface area contributed by atoms with Crippen molar-refractivity contribution < 1.29 is 23.1 Å². The normalized spacial score (nSPS) is 15.1. The molecule has 0 fully saturated rings. The lowest BCUT2D eigenvalue weighted by Gasteiger charge is -2.20. The number of halogens is 3. The Morgan fingerprint density at radius 2 is 2.11 bits per heavy atom. The summed E-state index contributed by atoms with van der Waals surface area (Å²) in [5, 5.41) is 9.38. The van der Waals surface area contributed by atoms with Gasteiger partial charge in [0.1, 0.15) is 16.1 Å². The number of aliphatic carboxylic acids is 1. The summed E-state index contributed by atoms with van der Waals surface area (Å²) in [5.74, 6) is -1.60. The van der Waals surface area contributed by atoms with Crippen LogP contribution in [-0.4, -0.2) is 26.6 Å². The van der Waals surface area contributed by atoms with Crippen LogP contribution in [0.3, 0.4) is 0 Å². The minimum absolute atomic E-state index is 0.241. The summed E-state index contributed by atoms with van der Waals surface area (Å²) in [6.07, 6.45) is -3.70. The zero-order valence-corrected chi connectivity index (χ0v) is 9.92. The second-order valence-corrected chi connectivity index (χ2v) is 4.84. The summed E-state index contributed by atoms with van der Waals surface area (Å²) in [4.78, 5) is 14.2. The van der Waals surface area contributed by atoms with Gasteiger partial charge in [-0.25, -0.2) is 9.78 Å². The first-order valence-corrected chi connectivity index (χ1v) is 5.90. The van der Waals surface area contributed by atoms with Crippen molar-refractivity contribution in [3.05, 3.63) is 35.0 Å². The topological polar surface area (TPSA) is 54.6 Å². The Bertz CT molecular complexity index is 733. The highest BCUT2D eigenvalue weighted by Crippen LogP contribution is 2.46. The van der Waals surface area contributed by atoms with Gasteiger partial charge in [0.2, 0.25) is 0 Å². The lowest BCUT2D eigenvalue weighted by molar-refractivity contribution is -0.132. The van der Waals surface area contributed by atoms with Gasteiger partial charge in [-0.15, -0.1) is 0 Å². The van der Waals surface area contributed by atoms with Crippen molar-refractivity contribution in [2.75, 3.05) is 0 Å². The Labute approximate surface area is 108 Å². The molecule has 1 N–H and O–H groups in total. The number of thioether (sulfide) groups is 1. The molecule has 0 saturated carbocycles. The summed E-state index contributed by atoms with van der Waals surface area (Å²) in [6.45, 7) is 0. The molecular formula is C11H5F3N2O2S. The second-order valence-electron chi connectivity index (χ2n) is 3.81. The van der Waals surface area contributed by atoms with Gasteiger partial charge in [-0.3, -0.25) is 4.40 Å². The molecular weight excluding hydrogens is 281 g/mol. The molecule has 3 heterocycles. The van der Waals surface area contributed by atoms with E-state index in [1.165, 1.54) is 4.40 Å².